The standard InChI is InChI=1S/C16H28N2O2/c1-12(9-16(19)20)13-3-2-6-18(11-13)15-5-8-17-7-4-14(15)10-17/h12-15H,2-11H2,1H3,(H,19,20). The van der Waals surface area contributed by atoms with Crippen molar-refractivity contribution in [2.24, 2.45) is 17.8 Å². The van der Waals surface area contributed by atoms with E-state index in [0.29, 0.717) is 18.3 Å². The molecule has 3 aliphatic heterocycles. The van der Waals surface area contributed by atoms with Crippen LogP contribution in [0, 0.1) is 17.8 Å². The van der Waals surface area contributed by atoms with E-state index in [1.165, 1.54) is 51.9 Å². The molecule has 0 radical (unpaired) electrons. The van der Waals surface area contributed by atoms with Gasteiger partial charge < -0.3 is 10.0 Å². The van der Waals surface area contributed by atoms with Crippen LogP contribution in [-0.2, 0) is 4.79 Å². The second kappa shape index (κ2) is 6.02. The van der Waals surface area contributed by atoms with Crippen molar-refractivity contribution < 1.29 is 9.90 Å². The van der Waals surface area contributed by atoms with Crippen LogP contribution in [0.4, 0.5) is 0 Å². The van der Waals surface area contributed by atoms with E-state index >= 15 is 0 Å². The van der Waals surface area contributed by atoms with E-state index in [1.807, 2.05) is 0 Å². The predicted octanol–water partition coefficient (Wildman–Crippen LogP) is 1.90. The first-order valence-electron chi connectivity index (χ1n) is 8.31. The van der Waals surface area contributed by atoms with Gasteiger partial charge in [-0.05, 0) is 63.1 Å². The van der Waals surface area contributed by atoms with Crippen LogP contribution in [0.2, 0.25) is 0 Å². The molecular formula is C16H28N2O2. The zero-order chi connectivity index (χ0) is 14.1. The minimum absolute atomic E-state index is 0.318. The molecular weight excluding hydrogens is 252 g/mol. The first kappa shape index (κ1) is 14.3. The summed E-state index contributed by atoms with van der Waals surface area (Å²) in [6.07, 6.45) is 5.50. The van der Waals surface area contributed by atoms with Gasteiger partial charge in [0.25, 0.3) is 0 Å². The summed E-state index contributed by atoms with van der Waals surface area (Å²) in [6, 6.07) is 0.772. The lowest BCUT2D eigenvalue weighted by atomic mass is 9.82. The summed E-state index contributed by atoms with van der Waals surface area (Å²) >= 11 is 0. The number of rotatable bonds is 4. The Kier molecular flexibility index (Phi) is 4.32. The molecule has 0 aliphatic carbocycles. The molecule has 3 fully saturated rings. The maximum atomic E-state index is 10.9. The second-order valence-corrected chi connectivity index (χ2v) is 7.18. The molecule has 4 heteroatoms. The van der Waals surface area contributed by atoms with E-state index in [1.54, 1.807) is 0 Å². The Labute approximate surface area is 122 Å². The summed E-state index contributed by atoms with van der Waals surface area (Å²) in [5, 5.41) is 9.00. The molecule has 0 aromatic carbocycles. The van der Waals surface area contributed by atoms with Crippen molar-refractivity contribution in [2.75, 3.05) is 32.7 Å². The van der Waals surface area contributed by atoms with E-state index in [4.69, 9.17) is 5.11 Å². The van der Waals surface area contributed by atoms with Gasteiger partial charge in [0.15, 0.2) is 0 Å². The quantitative estimate of drug-likeness (QED) is 0.854. The lowest BCUT2D eigenvalue weighted by Gasteiger charge is -2.44. The molecule has 0 aromatic rings. The van der Waals surface area contributed by atoms with E-state index < -0.39 is 5.97 Å². The summed E-state index contributed by atoms with van der Waals surface area (Å²) in [6.45, 7) is 8.37. The maximum Gasteiger partial charge on any atom is 0.303 e. The number of piperidine rings is 2. The normalized spacial score (nSPS) is 39.6. The molecule has 114 valence electrons. The summed E-state index contributed by atoms with van der Waals surface area (Å²) < 4.78 is 0. The number of carboxylic acids is 1. The molecule has 2 bridgehead atoms. The maximum absolute atomic E-state index is 10.9. The Hall–Kier alpha value is -0.610. The van der Waals surface area contributed by atoms with Crippen LogP contribution in [0.5, 0.6) is 0 Å². The van der Waals surface area contributed by atoms with Crippen molar-refractivity contribution in [3.63, 3.8) is 0 Å². The highest BCUT2D eigenvalue weighted by atomic mass is 16.4. The van der Waals surface area contributed by atoms with Crippen molar-refractivity contribution in [3.05, 3.63) is 0 Å². The Morgan fingerprint density at radius 1 is 1.20 bits per heavy atom. The fourth-order valence-electron chi connectivity index (χ4n) is 4.66. The third kappa shape index (κ3) is 3.01. The molecule has 3 saturated heterocycles. The van der Waals surface area contributed by atoms with Crippen molar-refractivity contribution in [1.29, 1.82) is 0 Å². The van der Waals surface area contributed by atoms with Gasteiger partial charge in [0.1, 0.15) is 0 Å². The van der Waals surface area contributed by atoms with Crippen LogP contribution in [0.25, 0.3) is 0 Å². The Morgan fingerprint density at radius 2 is 2.00 bits per heavy atom. The average Bonchev–Trinajstić information content (AvgIpc) is 2.80. The van der Waals surface area contributed by atoms with Crippen molar-refractivity contribution in [2.45, 2.75) is 45.1 Å². The summed E-state index contributed by atoms with van der Waals surface area (Å²) in [7, 11) is 0. The number of hydrogen-bond donors (Lipinski definition) is 1. The molecule has 1 N–H and O–H groups in total. The van der Waals surface area contributed by atoms with E-state index in [2.05, 4.69) is 16.7 Å². The fourth-order valence-corrected chi connectivity index (χ4v) is 4.66. The van der Waals surface area contributed by atoms with Crippen molar-refractivity contribution in [1.82, 2.24) is 9.80 Å². The fraction of sp³-hybridized carbons (Fsp3) is 0.938. The zero-order valence-electron chi connectivity index (χ0n) is 12.6. The number of carbonyl (C=O) groups is 1. The van der Waals surface area contributed by atoms with Crippen LogP contribution in [0.1, 0.15) is 39.0 Å². The van der Waals surface area contributed by atoms with Gasteiger partial charge in [-0.3, -0.25) is 9.69 Å². The Balaban J connectivity index is 1.58. The van der Waals surface area contributed by atoms with E-state index in [0.717, 1.165) is 18.5 Å². The molecule has 0 saturated carbocycles. The molecule has 5 atom stereocenters. The molecule has 20 heavy (non-hydrogen) atoms. The number of aliphatic carboxylic acids is 1. The Morgan fingerprint density at radius 3 is 2.80 bits per heavy atom. The first-order valence-corrected chi connectivity index (χ1v) is 8.31. The lowest BCUT2D eigenvalue weighted by Crippen LogP contribution is -2.50. The van der Waals surface area contributed by atoms with Gasteiger partial charge in [0, 0.05) is 25.6 Å². The highest BCUT2D eigenvalue weighted by Crippen LogP contribution is 2.34. The minimum atomic E-state index is -0.640. The SMILES string of the molecule is CC(CC(=O)O)C1CCCN(C2CCN3CCC2C3)C1. The molecule has 0 aromatic heterocycles. The van der Waals surface area contributed by atoms with Crippen LogP contribution in [0.15, 0.2) is 0 Å². The largest absolute Gasteiger partial charge is 0.481 e. The van der Waals surface area contributed by atoms with Gasteiger partial charge in [-0.25, -0.2) is 0 Å². The third-order valence-electron chi connectivity index (χ3n) is 5.85. The molecule has 4 nitrogen and oxygen atoms in total. The van der Waals surface area contributed by atoms with E-state index in [9.17, 15) is 4.79 Å². The van der Waals surface area contributed by atoms with Gasteiger partial charge in [0.05, 0.1) is 0 Å². The van der Waals surface area contributed by atoms with Gasteiger partial charge in [-0.1, -0.05) is 6.92 Å². The molecule has 0 spiro atoms. The van der Waals surface area contributed by atoms with Gasteiger partial charge >= 0.3 is 5.97 Å². The van der Waals surface area contributed by atoms with E-state index in [-0.39, 0.29) is 0 Å². The molecule has 5 unspecified atom stereocenters. The average molecular weight is 280 g/mol. The molecule has 3 heterocycles. The number of hydrogen-bond acceptors (Lipinski definition) is 3. The van der Waals surface area contributed by atoms with Crippen LogP contribution >= 0.6 is 0 Å². The van der Waals surface area contributed by atoms with Gasteiger partial charge in [0.2, 0.25) is 0 Å². The third-order valence-corrected chi connectivity index (χ3v) is 5.85. The smallest absolute Gasteiger partial charge is 0.303 e. The van der Waals surface area contributed by atoms with Crippen LogP contribution < -0.4 is 0 Å². The summed E-state index contributed by atoms with van der Waals surface area (Å²) in [5.74, 6) is 1.13. The molecule has 0 amide bonds. The van der Waals surface area contributed by atoms with Crippen molar-refractivity contribution >= 4 is 5.97 Å². The van der Waals surface area contributed by atoms with Gasteiger partial charge in [-0.15, -0.1) is 0 Å². The van der Waals surface area contributed by atoms with Crippen LogP contribution in [0.3, 0.4) is 0 Å². The first-order chi connectivity index (χ1) is 9.63. The van der Waals surface area contributed by atoms with Crippen molar-refractivity contribution in [3.8, 4) is 0 Å². The Bertz CT molecular complexity index is 360. The highest BCUT2D eigenvalue weighted by Gasteiger charge is 2.39. The van der Waals surface area contributed by atoms with Gasteiger partial charge in [-0.2, -0.15) is 0 Å². The molecule has 3 rings (SSSR count). The number of carboxylic acid groups (broad SMARTS) is 1. The summed E-state index contributed by atoms with van der Waals surface area (Å²) in [5.41, 5.74) is 0. The highest BCUT2D eigenvalue weighted by molar-refractivity contribution is 5.67. The number of fused-ring (bicyclic) bond motifs is 2. The zero-order valence-corrected chi connectivity index (χ0v) is 12.6. The predicted molar refractivity (Wildman–Crippen MR) is 78.7 cm³/mol. The minimum Gasteiger partial charge on any atom is -0.481 e. The monoisotopic (exact) mass is 280 g/mol. The topological polar surface area (TPSA) is 43.8 Å². The molecule has 3 aliphatic rings. The second-order valence-electron chi connectivity index (χ2n) is 7.18. The number of nitrogens with zero attached hydrogens (tertiary/aromatic N) is 2. The lowest BCUT2D eigenvalue weighted by molar-refractivity contribution is -0.138. The van der Waals surface area contributed by atoms with Crippen LogP contribution in [-0.4, -0.2) is 59.6 Å². The number of likely N-dealkylation sites (tertiary alicyclic amines) is 1. The summed E-state index contributed by atoms with van der Waals surface area (Å²) in [4.78, 5) is 16.2.